The van der Waals surface area contributed by atoms with Crippen molar-refractivity contribution in [1.82, 2.24) is 5.32 Å². The molecule has 19 heavy (non-hydrogen) atoms. The predicted molar refractivity (Wildman–Crippen MR) is 72.2 cm³/mol. The van der Waals surface area contributed by atoms with Crippen molar-refractivity contribution < 1.29 is 13.2 Å². The van der Waals surface area contributed by atoms with Crippen molar-refractivity contribution >= 4 is 11.0 Å². The van der Waals surface area contributed by atoms with Crippen molar-refractivity contribution in [3.63, 3.8) is 0 Å². The first-order valence-electron chi connectivity index (χ1n) is 6.54. The van der Waals surface area contributed by atoms with Crippen LogP contribution < -0.4 is 5.32 Å². The molecule has 4 heteroatoms. The third-order valence-electron chi connectivity index (χ3n) is 3.11. The minimum absolute atomic E-state index is 0.0178. The minimum Gasteiger partial charge on any atom is -0.456 e. The molecule has 0 unspecified atom stereocenters. The molecule has 1 heterocycles. The van der Waals surface area contributed by atoms with Crippen molar-refractivity contribution in [1.29, 1.82) is 0 Å². The highest BCUT2D eigenvalue weighted by atomic mass is 19.2. The first kappa shape index (κ1) is 14.0. The smallest absolute Gasteiger partial charge is 0.201 e. The zero-order chi connectivity index (χ0) is 14.2. The lowest BCUT2D eigenvalue weighted by molar-refractivity contribution is 0.455. The number of furan rings is 1. The van der Waals surface area contributed by atoms with E-state index in [1.807, 2.05) is 27.7 Å². The zero-order valence-electron chi connectivity index (χ0n) is 11.7. The van der Waals surface area contributed by atoms with Gasteiger partial charge in [-0.15, -0.1) is 0 Å². The largest absolute Gasteiger partial charge is 0.456 e. The third-order valence-corrected chi connectivity index (χ3v) is 3.11. The molecule has 0 atom stereocenters. The number of fused-ring (bicyclic) bond motifs is 1. The molecule has 1 aromatic carbocycles. The van der Waals surface area contributed by atoms with Gasteiger partial charge in [-0.05, 0) is 18.1 Å². The highest BCUT2D eigenvalue weighted by Crippen LogP contribution is 2.34. The van der Waals surface area contributed by atoms with E-state index < -0.39 is 11.6 Å². The van der Waals surface area contributed by atoms with Crippen molar-refractivity contribution in [2.45, 2.75) is 46.2 Å². The molecule has 2 rings (SSSR count). The number of halogens is 2. The van der Waals surface area contributed by atoms with Gasteiger partial charge >= 0.3 is 0 Å². The fourth-order valence-corrected chi connectivity index (χ4v) is 2.23. The van der Waals surface area contributed by atoms with Gasteiger partial charge in [0.2, 0.25) is 5.82 Å². The van der Waals surface area contributed by atoms with Crippen LogP contribution in [0.4, 0.5) is 8.78 Å². The molecule has 0 radical (unpaired) electrons. The van der Waals surface area contributed by atoms with E-state index in [0.717, 1.165) is 11.6 Å². The van der Waals surface area contributed by atoms with Crippen LogP contribution in [0, 0.1) is 11.6 Å². The summed E-state index contributed by atoms with van der Waals surface area (Å²) in [5.41, 5.74) is 0.964. The second-order valence-electron chi connectivity index (χ2n) is 5.37. The van der Waals surface area contributed by atoms with Gasteiger partial charge in [0.05, 0.1) is 6.54 Å². The molecular formula is C15H19F2NO. The Morgan fingerprint density at radius 1 is 1.16 bits per heavy atom. The van der Waals surface area contributed by atoms with Gasteiger partial charge in [-0.2, -0.15) is 4.39 Å². The first-order valence-corrected chi connectivity index (χ1v) is 6.54. The second-order valence-corrected chi connectivity index (χ2v) is 5.37. The van der Waals surface area contributed by atoms with Crippen molar-refractivity contribution in [3.05, 3.63) is 35.1 Å². The molecule has 104 valence electrons. The van der Waals surface area contributed by atoms with E-state index in [9.17, 15) is 8.78 Å². The lowest BCUT2D eigenvalue weighted by atomic mass is 9.99. The first-order chi connectivity index (χ1) is 8.91. The fourth-order valence-electron chi connectivity index (χ4n) is 2.23. The quantitative estimate of drug-likeness (QED) is 0.891. The monoisotopic (exact) mass is 267 g/mol. The van der Waals surface area contributed by atoms with Crippen molar-refractivity contribution in [2.24, 2.45) is 0 Å². The Morgan fingerprint density at radius 3 is 2.42 bits per heavy atom. The highest BCUT2D eigenvalue weighted by molar-refractivity contribution is 5.83. The second kappa shape index (κ2) is 5.29. The van der Waals surface area contributed by atoms with E-state index in [2.05, 4.69) is 5.32 Å². The van der Waals surface area contributed by atoms with Crippen LogP contribution in [0.15, 0.2) is 16.5 Å². The average Bonchev–Trinajstić information content (AvgIpc) is 2.70. The van der Waals surface area contributed by atoms with E-state index in [0.29, 0.717) is 23.7 Å². The van der Waals surface area contributed by atoms with Gasteiger partial charge < -0.3 is 9.73 Å². The lowest BCUT2D eigenvalue weighted by Gasteiger charge is -2.09. The Balaban J connectivity index is 2.56. The van der Waals surface area contributed by atoms with Crippen LogP contribution in [0.5, 0.6) is 0 Å². The molecule has 0 aliphatic heterocycles. The van der Waals surface area contributed by atoms with Crippen LogP contribution in [-0.2, 0) is 6.54 Å². The molecule has 0 aliphatic carbocycles. The SMILES string of the molecule is CC(C)NCc1oc2c(F)c(F)ccc2c1C(C)C. The molecule has 0 fully saturated rings. The Hall–Kier alpha value is -1.42. The van der Waals surface area contributed by atoms with Gasteiger partial charge in [-0.25, -0.2) is 4.39 Å². The normalized spacial score (nSPS) is 12.0. The predicted octanol–water partition coefficient (Wildman–Crippen LogP) is 4.33. The summed E-state index contributed by atoms with van der Waals surface area (Å²) >= 11 is 0. The van der Waals surface area contributed by atoms with Gasteiger partial charge in [0.15, 0.2) is 11.4 Å². The zero-order valence-corrected chi connectivity index (χ0v) is 11.7. The third kappa shape index (κ3) is 2.63. The number of benzene rings is 1. The fraction of sp³-hybridized carbons (Fsp3) is 0.467. The lowest BCUT2D eigenvalue weighted by Crippen LogP contribution is -2.22. The topological polar surface area (TPSA) is 25.2 Å². The standard InChI is InChI=1S/C15H19F2NO/c1-8(2)13-10-5-6-11(16)14(17)15(10)19-12(13)7-18-9(3)4/h5-6,8-9,18H,7H2,1-4H3. The number of rotatable bonds is 4. The van der Waals surface area contributed by atoms with E-state index in [4.69, 9.17) is 4.42 Å². The minimum atomic E-state index is -0.907. The molecule has 2 nitrogen and oxygen atoms in total. The van der Waals surface area contributed by atoms with Gasteiger partial charge in [-0.1, -0.05) is 27.7 Å². The van der Waals surface area contributed by atoms with Crippen molar-refractivity contribution in [3.8, 4) is 0 Å². The molecule has 0 saturated heterocycles. The molecule has 0 bridgehead atoms. The number of hydrogen-bond acceptors (Lipinski definition) is 2. The molecule has 0 amide bonds. The summed E-state index contributed by atoms with van der Waals surface area (Å²) in [7, 11) is 0. The maximum atomic E-state index is 13.8. The van der Waals surface area contributed by atoms with Crippen LogP contribution in [0.25, 0.3) is 11.0 Å². The highest BCUT2D eigenvalue weighted by Gasteiger charge is 2.21. The van der Waals surface area contributed by atoms with Gasteiger partial charge in [0, 0.05) is 17.0 Å². The van der Waals surface area contributed by atoms with E-state index in [1.54, 1.807) is 6.07 Å². The van der Waals surface area contributed by atoms with E-state index >= 15 is 0 Å². The average molecular weight is 267 g/mol. The Labute approximate surface area is 111 Å². The molecule has 0 saturated carbocycles. The molecule has 2 aromatic rings. The summed E-state index contributed by atoms with van der Waals surface area (Å²) in [6, 6.07) is 3.04. The van der Waals surface area contributed by atoms with Crippen LogP contribution in [0.2, 0.25) is 0 Å². The van der Waals surface area contributed by atoms with Gasteiger partial charge in [0.1, 0.15) is 5.76 Å². The van der Waals surface area contributed by atoms with Crippen LogP contribution in [-0.4, -0.2) is 6.04 Å². The van der Waals surface area contributed by atoms with Crippen LogP contribution >= 0.6 is 0 Å². The Kier molecular flexibility index (Phi) is 3.90. The summed E-state index contributed by atoms with van der Waals surface area (Å²) in [6.45, 7) is 8.60. The molecular weight excluding hydrogens is 248 g/mol. The summed E-state index contributed by atoms with van der Waals surface area (Å²) in [5, 5.41) is 3.90. The van der Waals surface area contributed by atoms with Crippen LogP contribution in [0.1, 0.15) is 44.9 Å². The number of nitrogens with one attached hydrogen (secondary N) is 1. The maximum Gasteiger partial charge on any atom is 0.201 e. The van der Waals surface area contributed by atoms with Gasteiger partial charge in [-0.3, -0.25) is 0 Å². The Morgan fingerprint density at radius 2 is 1.84 bits per heavy atom. The molecule has 0 spiro atoms. The van der Waals surface area contributed by atoms with E-state index in [-0.39, 0.29) is 11.5 Å². The maximum absolute atomic E-state index is 13.8. The van der Waals surface area contributed by atoms with Gasteiger partial charge in [0.25, 0.3) is 0 Å². The molecule has 1 aromatic heterocycles. The van der Waals surface area contributed by atoms with Crippen molar-refractivity contribution in [2.75, 3.05) is 0 Å². The summed E-state index contributed by atoms with van der Waals surface area (Å²) in [5.74, 6) is -0.909. The summed E-state index contributed by atoms with van der Waals surface area (Å²) in [6.07, 6.45) is 0. The molecule has 0 aliphatic rings. The summed E-state index contributed by atoms with van der Waals surface area (Å²) in [4.78, 5) is 0. The molecule has 1 N–H and O–H groups in total. The van der Waals surface area contributed by atoms with Crippen LogP contribution in [0.3, 0.4) is 0 Å². The van der Waals surface area contributed by atoms with E-state index in [1.165, 1.54) is 0 Å². The Bertz CT molecular complexity index is 587. The summed E-state index contributed by atoms with van der Waals surface area (Å²) < 4.78 is 32.6. The number of hydrogen-bond donors (Lipinski definition) is 1.